The van der Waals surface area contributed by atoms with Gasteiger partial charge < -0.3 is 10.6 Å². The second kappa shape index (κ2) is 7.06. The van der Waals surface area contributed by atoms with Gasteiger partial charge in [0.15, 0.2) is 0 Å². The number of amides is 1. The first kappa shape index (κ1) is 15.9. The molecule has 1 amide bonds. The standard InChI is InChI=1S/C16H18BrN5O/c17-13-3-1-12(2-4-13)11-21-5-7-22(8-6-21)15-10-19-9-14(20-15)16(18)23/h1-4,9-10H,5-8,11H2,(H2,18,23). The number of rotatable bonds is 4. The molecule has 0 aliphatic carbocycles. The molecule has 1 aliphatic rings. The van der Waals surface area contributed by atoms with Gasteiger partial charge in [0.25, 0.3) is 5.91 Å². The molecule has 120 valence electrons. The molecule has 23 heavy (non-hydrogen) atoms. The van der Waals surface area contributed by atoms with Gasteiger partial charge in [-0.25, -0.2) is 4.98 Å². The van der Waals surface area contributed by atoms with Crippen LogP contribution in [0.2, 0.25) is 0 Å². The number of hydrogen-bond acceptors (Lipinski definition) is 5. The van der Waals surface area contributed by atoms with Crippen molar-refractivity contribution in [2.75, 3.05) is 31.1 Å². The highest BCUT2D eigenvalue weighted by Gasteiger charge is 2.19. The quantitative estimate of drug-likeness (QED) is 0.879. The summed E-state index contributed by atoms with van der Waals surface area (Å²) in [5, 5.41) is 0. The zero-order valence-corrected chi connectivity index (χ0v) is 14.2. The third kappa shape index (κ3) is 4.05. The molecule has 3 rings (SSSR count). The van der Waals surface area contributed by atoms with E-state index in [1.165, 1.54) is 11.8 Å². The minimum Gasteiger partial charge on any atom is -0.364 e. The summed E-state index contributed by atoms with van der Waals surface area (Å²) in [6, 6.07) is 8.41. The predicted octanol–water partition coefficient (Wildman–Crippen LogP) is 1.66. The van der Waals surface area contributed by atoms with Gasteiger partial charge in [-0.05, 0) is 17.7 Å². The van der Waals surface area contributed by atoms with Crippen LogP contribution in [-0.2, 0) is 6.54 Å². The van der Waals surface area contributed by atoms with E-state index in [4.69, 9.17) is 5.73 Å². The van der Waals surface area contributed by atoms with Gasteiger partial charge in [0.2, 0.25) is 0 Å². The number of anilines is 1. The molecule has 0 saturated carbocycles. The lowest BCUT2D eigenvalue weighted by Gasteiger charge is -2.35. The number of carbonyl (C=O) groups excluding carboxylic acids is 1. The van der Waals surface area contributed by atoms with Crippen LogP contribution >= 0.6 is 15.9 Å². The van der Waals surface area contributed by atoms with Crippen molar-refractivity contribution in [2.45, 2.75) is 6.54 Å². The fourth-order valence-corrected chi connectivity index (χ4v) is 2.87. The molecule has 6 nitrogen and oxygen atoms in total. The van der Waals surface area contributed by atoms with Crippen molar-refractivity contribution >= 4 is 27.7 Å². The van der Waals surface area contributed by atoms with Gasteiger partial charge >= 0.3 is 0 Å². The largest absolute Gasteiger partial charge is 0.364 e. The molecule has 2 N–H and O–H groups in total. The molecule has 1 aromatic heterocycles. The Balaban J connectivity index is 1.59. The Kier molecular flexibility index (Phi) is 4.88. The molecule has 0 spiro atoms. The van der Waals surface area contributed by atoms with Crippen LogP contribution in [0.1, 0.15) is 16.1 Å². The molecule has 7 heteroatoms. The summed E-state index contributed by atoms with van der Waals surface area (Å²) in [7, 11) is 0. The number of carbonyl (C=O) groups is 1. The highest BCUT2D eigenvalue weighted by atomic mass is 79.9. The van der Waals surface area contributed by atoms with E-state index in [1.54, 1.807) is 6.20 Å². The molecule has 1 aromatic carbocycles. The van der Waals surface area contributed by atoms with Crippen LogP contribution in [0.3, 0.4) is 0 Å². The van der Waals surface area contributed by atoms with Crippen molar-refractivity contribution < 1.29 is 4.79 Å². The lowest BCUT2D eigenvalue weighted by molar-refractivity contribution is 0.0995. The fraction of sp³-hybridized carbons (Fsp3) is 0.312. The van der Waals surface area contributed by atoms with E-state index < -0.39 is 5.91 Å². The Morgan fingerprint density at radius 3 is 2.48 bits per heavy atom. The molecular weight excluding hydrogens is 358 g/mol. The van der Waals surface area contributed by atoms with Gasteiger partial charge in [0.05, 0.1) is 12.4 Å². The first-order valence-corrected chi connectivity index (χ1v) is 8.25. The van der Waals surface area contributed by atoms with Crippen LogP contribution in [0.15, 0.2) is 41.1 Å². The molecule has 2 aromatic rings. The summed E-state index contributed by atoms with van der Waals surface area (Å²) in [4.78, 5) is 24.1. The van der Waals surface area contributed by atoms with Gasteiger partial charge in [-0.3, -0.25) is 14.7 Å². The van der Waals surface area contributed by atoms with E-state index >= 15 is 0 Å². The van der Waals surface area contributed by atoms with E-state index in [0.717, 1.165) is 37.2 Å². The first-order chi connectivity index (χ1) is 11.1. The number of hydrogen-bond donors (Lipinski definition) is 1. The third-order valence-corrected chi connectivity index (χ3v) is 4.42. The Morgan fingerprint density at radius 1 is 1.13 bits per heavy atom. The van der Waals surface area contributed by atoms with Crippen molar-refractivity contribution in [3.05, 3.63) is 52.4 Å². The highest BCUT2D eigenvalue weighted by Crippen LogP contribution is 2.16. The zero-order valence-electron chi connectivity index (χ0n) is 12.7. The maximum absolute atomic E-state index is 11.2. The number of halogens is 1. The monoisotopic (exact) mass is 375 g/mol. The second-order valence-corrected chi connectivity index (χ2v) is 6.43. The highest BCUT2D eigenvalue weighted by molar-refractivity contribution is 9.10. The van der Waals surface area contributed by atoms with Crippen LogP contribution in [0.25, 0.3) is 0 Å². The molecule has 1 saturated heterocycles. The molecule has 2 heterocycles. The van der Waals surface area contributed by atoms with E-state index in [1.807, 2.05) is 0 Å². The lowest BCUT2D eigenvalue weighted by Crippen LogP contribution is -2.46. The van der Waals surface area contributed by atoms with Gasteiger partial charge in [-0.2, -0.15) is 0 Å². The normalized spacial score (nSPS) is 15.6. The first-order valence-electron chi connectivity index (χ1n) is 7.45. The van der Waals surface area contributed by atoms with Crippen LogP contribution in [-0.4, -0.2) is 47.0 Å². The Hall–Kier alpha value is -1.99. The summed E-state index contributed by atoms with van der Waals surface area (Å²) in [6.07, 6.45) is 3.08. The number of piperazine rings is 1. The van der Waals surface area contributed by atoms with E-state index in [0.29, 0.717) is 5.82 Å². The Morgan fingerprint density at radius 2 is 1.83 bits per heavy atom. The molecule has 1 fully saturated rings. The average Bonchev–Trinajstić information content (AvgIpc) is 2.58. The van der Waals surface area contributed by atoms with Crippen molar-refractivity contribution in [3.8, 4) is 0 Å². The van der Waals surface area contributed by atoms with E-state index in [-0.39, 0.29) is 5.69 Å². The van der Waals surface area contributed by atoms with Crippen molar-refractivity contribution in [1.29, 1.82) is 0 Å². The maximum atomic E-state index is 11.2. The number of benzene rings is 1. The number of aromatic nitrogens is 2. The minimum absolute atomic E-state index is 0.208. The maximum Gasteiger partial charge on any atom is 0.268 e. The van der Waals surface area contributed by atoms with E-state index in [9.17, 15) is 4.79 Å². The second-order valence-electron chi connectivity index (χ2n) is 5.52. The van der Waals surface area contributed by atoms with Crippen molar-refractivity contribution in [1.82, 2.24) is 14.9 Å². The summed E-state index contributed by atoms with van der Waals surface area (Å²) in [6.45, 7) is 4.53. The summed E-state index contributed by atoms with van der Waals surface area (Å²) >= 11 is 3.45. The minimum atomic E-state index is -0.548. The van der Waals surface area contributed by atoms with Crippen LogP contribution < -0.4 is 10.6 Å². The van der Waals surface area contributed by atoms with Gasteiger partial charge in [0.1, 0.15) is 11.5 Å². The SMILES string of the molecule is NC(=O)c1cncc(N2CCN(Cc3ccc(Br)cc3)CC2)n1. The van der Waals surface area contributed by atoms with Gasteiger partial charge in [-0.1, -0.05) is 28.1 Å². The Bertz CT molecular complexity index is 683. The number of nitrogens with zero attached hydrogens (tertiary/aromatic N) is 4. The Labute approximate surface area is 143 Å². The van der Waals surface area contributed by atoms with Crippen molar-refractivity contribution in [2.24, 2.45) is 5.73 Å². The average molecular weight is 376 g/mol. The van der Waals surface area contributed by atoms with E-state index in [2.05, 4.69) is 60.0 Å². The summed E-state index contributed by atoms with van der Waals surface area (Å²) in [5.74, 6) is 0.165. The van der Waals surface area contributed by atoms with Crippen LogP contribution in [0, 0.1) is 0 Å². The summed E-state index contributed by atoms with van der Waals surface area (Å²) in [5.41, 5.74) is 6.77. The lowest BCUT2D eigenvalue weighted by atomic mass is 10.2. The topological polar surface area (TPSA) is 75.4 Å². The molecule has 1 aliphatic heterocycles. The smallest absolute Gasteiger partial charge is 0.268 e. The molecule has 0 unspecified atom stereocenters. The van der Waals surface area contributed by atoms with Crippen LogP contribution in [0.4, 0.5) is 5.82 Å². The molecule has 0 atom stereocenters. The molecule has 0 radical (unpaired) electrons. The third-order valence-electron chi connectivity index (χ3n) is 3.89. The summed E-state index contributed by atoms with van der Waals surface area (Å²) < 4.78 is 1.10. The van der Waals surface area contributed by atoms with Gasteiger partial charge in [0, 0.05) is 37.2 Å². The molecule has 0 bridgehead atoms. The van der Waals surface area contributed by atoms with Gasteiger partial charge in [-0.15, -0.1) is 0 Å². The van der Waals surface area contributed by atoms with Crippen LogP contribution in [0.5, 0.6) is 0 Å². The number of primary amides is 1. The molecular formula is C16H18BrN5O. The fourth-order valence-electron chi connectivity index (χ4n) is 2.61. The van der Waals surface area contributed by atoms with Crippen molar-refractivity contribution in [3.63, 3.8) is 0 Å². The zero-order chi connectivity index (χ0) is 16.2. The predicted molar refractivity (Wildman–Crippen MR) is 92.2 cm³/mol. The number of nitrogens with two attached hydrogens (primary N) is 1.